The Morgan fingerprint density at radius 3 is 2.74 bits per heavy atom. The van der Waals surface area contributed by atoms with Crippen molar-refractivity contribution in [3.05, 3.63) is 29.1 Å². The summed E-state index contributed by atoms with van der Waals surface area (Å²) in [6, 6.07) is 2.32. The number of aromatic hydroxyl groups is 1. The average molecular weight is 269 g/mol. The summed E-state index contributed by atoms with van der Waals surface area (Å²) in [4.78, 5) is 13.3. The van der Waals surface area contributed by atoms with Gasteiger partial charge in [0.1, 0.15) is 11.6 Å². The van der Waals surface area contributed by atoms with Gasteiger partial charge in [0, 0.05) is 32.4 Å². The van der Waals surface area contributed by atoms with E-state index in [9.17, 15) is 14.3 Å². The van der Waals surface area contributed by atoms with Gasteiger partial charge in [0.05, 0.1) is 5.56 Å². The summed E-state index contributed by atoms with van der Waals surface area (Å²) in [5.41, 5.74) is 0.449. The number of hydrogen-bond donors (Lipinski definition) is 1. The van der Waals surface area contributed by atoms with Crippen LogP contribution in [0.25, 0.3) is 0 Å². The number of ketones is 1. The van der Waals surface area contributed by atoms with Crippen molar-refractivity contribution in [3.8, 4) is 5.75 Å². The Bertz CT molecular complexity index is 449. The van der Waals surface area contributed by atoms with E-state index in [0.717, 1.165) is 19.0 Å². The van der Waals surface area contributed by atoms with Crippen molar-refractivity contribution in [1.29, 1.82) is 0 Å². The molecule has 106 valence electrons. The first-order chi connectivity index (χ1) is 8.95. The molecule has 0 aliphatic rings. The molecule has 0 saturated carbocycles. The number of hydrogen-bond acceptors (Lipinski definition) is 4. The van der Waals surface area contributed by atoms with Crippen molar-refractivity contribution in [2.24, 2.45) is 0 Å². The molecule has 0 radical (unpaired) electrons. The van der Waals surface area contributed by atoms with Gasteiger partial charge in [-0.1, -0.05) is 0 Å². The second kappa shape index (κ2) is 7.21. The molecule has 0 saturated heterocycles. The average Bonchev–Trinajstić information content (AvgIpc) is 2.33. The molecule has 0 fully saturated rings. The molecule has 0 heterocycles. The summed E-state index contributed by atoms with van der Waals surface area (Å²) in [6.45, 7) is 3.10. The second-order valence-electron chi connectivity index (χ2n) is 4.60. The molecule has 1 aromatic carbocycles. The van der Waals surface area contributed by atoms with Crippen LogP contribution in [0, 0.1) is 5.82 Å². The topological polar surface area (TPSA) is 49.8 Å². The van der Waals surface area contributed by atoms with Gasteiger partial charge in [-0.15, -0.1) is 0 Å². The summed E-state index contributed by atoms with van der Waals surface area (Å²) >= 11 is 0. The molecule has 0 aromatic heterocycles. The number of rotatable bonds is 7. The highest BCUT2D eigenvalue weighted by molar-refractivity contribution is 5.97. The molecular weight excluding hydrogens is 249 g/mol. The van der Waals surface area contributed by atoms with E-state index >= 15 is 0 Å². The number of ether oxygens (including phenoxy) is 1. The maximum Gasteiger partial charge on any atom is 0.163 e. The summed E-state index contributed by atoms with van der Waals surface area (Å²) in [5, 5.41) is 9.97. The van der Waals surface area contributed by atoms with E-state index in [4.69, 9.17) is 4.74 Å². The van der Waals surface area contributed by atoms with E-state index in [2.05, 4.69) is 0 Å². The van der Waals surface area contributed by atoms with Gasteiger partial charge in [0.15, 0.2) is 5.78 Å². The SMILES string of the molecule is COCCCN(C)Cc1cc(F)cc(C(C)=O)c1O. The normalized spacial score (nSPS) is 11.0. The number of methoxy groups -OCH3 is 1. The summed E-state index contributed by atoms with van der Waals surface area (Å²) in [6.07, 6.45) is 0.850. The van der Waals surface area contributed by atoms with Crippen LogP contribution in [0.3, 0.4) is 0 Å². The molecule has 0 unspecified atom stereocenters. The van der Waals surface area contributed by atoms with Crippen LogP contribution in [0.2, 0.25) is 0 Å². The predicted molar refractivity (Wildman–Crippen MR) is 70.9 cm³/mol. The molecule has 1 rings (SSSR count). The van der Waals surface area contributed by atoms with Crippen LogP contribution >= 0.6 is 0 Å². The van der Waals surface area contributed by atoms with E-state index in [-0.39, 0.29) is 17.1 Å². The maximum absolute atomic E-state index is 13.4. The Morgan fingerprint density at radius 2 is 2.16 bits per heavy atom. The van der Waals surface area contributed by atoms with Gasteiger partial charge in [0.25, 0.3) is 0 Å². The summed E-state index contributed by atoms with van der Waals surface area (Å²) in [7, 11) is 3.50. The minimum absolute atomic E-state index is 0.0280. The van der Waals surface area contributed by atoms with Gasteiger partial charge in [0.2, 0.25) is 0 Å². The fourth-order valence-corrected chi connectivity index (χ4v) is 1.89. The highest BCUT2D eigenvalue weighted by Crippen LogP contribution is 2.25. The first kappa shape index (κ1) is 15.6. The minimum atomic E-state index is -0.511. The van der Waals surface area contributed by atoms with Gasteiger partial charge in [-0.05, 0) is 32.5 Å². The van der Waals surface area contributed by atoms with Gasteiger partial charge in [-0.25, -0.2) is 4.39 Å². The van der Waals surface area contributed by atoms with E-state index < -0.39 is 5.82 Å². The molecule has 0 bridgehead atoms. The Balaban J connectivity index is 2.80. The second-order valence-corrected chi connectivity index (χ2v) is 4.60. The fraction of sp³-hybridized carbons (Fsp3) is 0.500. The molecular formula is C14H20FNO3. The zero-order chi connectivity index (χ0) is 14.4. The molecule has 5 heteroatoms. The first-order valence-corrected chi connectivity index (χ1v) is 6.15. The first-order valence-electron chi connectivity index (χ1n) is 6.15. The van der Waals surface area contributed by atoms with E-state index in [1.165, 1.54) is 13.0 Å². The van der Waals surface area contributed by atoms with E-state index in [1.807, 2.05) is 11.9 Å². The van der Waals surface area contributed by atoms with Crippen molar-refractivity contribution in [2.75, 3.05) is 27.3 Å². The lowest BCUT2D eigenvalue weighted by atomic mass is 10.0. The van der Waals surface area contributed by atoms with Crippen LogP contribution < -0.4 is 0 Å². The Kier molecular flexibility index (Phi) is 5.92. The van der Waals surface area contributed by atoms with Crippen LogP contribution in [0.15, 0.2) is 12.1 Å². The van der Waals surface area contributed by atoms with Crippen LogP contribution in [0.1, 0.15) is 29.3 Å². The van der Waals surface area contributed by atoms with Crippen molar-refractivity contribution >= 4 is 5.78 Å². The molecule has 1 N–H and O–H groups in total. The van der Waals surface area contributed by atoms with Crippen molar-refractivity contribution in [3.63, 3.8) is 0 Å². The summed E-state index contributed by atoms with van der Waals surface area (Å²) in [5.74, 6) is -0.990. The van der Waals surface area contributed by atoms with Gasteiger partial charge in [-0.3, -0.25) is 4.79 Å². The van der Waals surface area contributed by atoms with Crippen LogP contribution in [-0.2, 0) is 11.3 Å². The van der Waals surface area contributed by atoms with E-state index in [1.54, 1.807) is 7.11 Å². The molecule has 0 aliphatic carbocycles. The molecule has 0 amide bonds. The Hall–Kier alpha value is -1.46. The number of carbonyl (C=O) groups excluding carboxylic acids is 1. The van der Waals surface area contributed by atoms with Crippen LogP contribution in [0.4, 0.5) is 4.39 Å². The lowest BCUT2D eigenvalue weighted by Gasteiger charge is -2.18. The maximum atomic E-state index is 13.4. The standard InChI is InChI=1S/C14H20FNO3/c1-10(17)13-8-12(15)7-11(14(13)18)9-16(2)5-4-6-19-3/h7-8,18H,4-6,9H2,1-3H3. The lowest BCUT2D eigenvalue weighted by Crippen LogP contribution is -2.20. The largest absolute Gasteiger partial charge is 0.507 e. The van der Waals surface area contributed by atoms with Crippen molar-refractivity contribution in [1.82, 2.24) is 4.90 Å². The third kappa shape index (κ3) is 4.61. The smallest absolute Gasteiger partial charge is 0.163 e. The van der Waals surface area contributed by atoms with Gasteiger partial charge in [-0.2, -0.15) is 0 Å². The lowest BCUT2D eigenvalue weighted by molar-refractivity contribution is 0.101. The number of halogens is 1. The summed E-state index contributed by atoms with van der Waals surface area (Å²) < 4.78 is 18.4. The molecule has 4 nitrogen and oxygen atoms in total. The third-order valence-corrected chi connectivity index (χ3v) is 2.86. The van der Waals surface area contributed by atoms with Gasteiger partial charge < -0.3 is 14.7 Å². The molecule has 19 heavy (non-hydrogen) atoms. The molecule has 0 atom stereocenters. The number of phenols is 1. The molecule has 1 aromatic rings. The minimum Gasteiger partial charge on any atom is -0.507 e. The van der Waals surface area contributed by atoms with Gasteiger partial charge >= 0.3 is 0 Å². The highest BCUT2D eigenvalue weighted by atomic mass is 19.1. The van der Waals surface area contributed by atoms with Crippen molar-refractivity contribution < 1.29 is 19.0 Å². The fourth-order valence-electron chi connectivity index (χ4n) is 1.89. The number of phenolic OH excluding ortho intramolecular Hbond substituents is 1. The van der Waals surface area contributed by atoms with Crippen LogP contribution in [0.5, 0.6) is 5.75 Å². The molecule has 0 spiro atoms. The Labute approximate surface area is 112 Å². The van der Waals surface area contributed by atoms with Crippen LogP contribution in [-0.4, -0.2) is 43.1 Å². The third-order valence-electron chi connectivity index (χ3n) is 2.86. The molecule has 0 aliphatic heterocycles. The highest BCUT2D eigenvalue weighted by Gasteiger charge is 2.14. The number of nitrogens with zero attached hydrogens (tertiary/aromatic N) is 1. The zero-order valence-corrected chi connectivity index (χ0v) is 11.6. The predicted octanol–water partition coefficient (Wildman–Crippen LogP) is 2.20. The van der Waals surface area contributed by atoms with E-state index in [0.29, 0.717) is 18.7 Å². The van der Waals surface area contributed by atoms with Crippen molar-refractivity contribution in [2.45, 2.75) is 19.9 Å². The number of carbonyl (C=O) groups is 1. The monoisotopic (exact) mass is 269 g/mol. The number of benzene rings is 1. The number of Topliss-reactive ketones (excluding diaryl/α,β-unsaturated/α-hetero) is 1. The zero-order valence-electron chi connectivity index (χ0n) is 11.6. The quantitative estimate of drug-likeness (QED) is 0.609. The Morgan fingerprint density at radius 1 is 1.47 bits per heavy atom.